The smallest absolute Gasteiger partial charge is 0.191 e. The van der Waals surface area contributed by atoms with Crippen LogP contribution in [0, 0.1) is 5.41 Å². The predicted molar refractivity (Wildman–Crippen MR) is 129 cm³/mol. The molecule has 7 heteroatoms. The maximum Gasteiger partial charge on any atom is 0.191 e. The Morgan fingerprint density at radius 3 is 2.62 bits per heavy atom. The number of aromatic nitrogens is 2. The van der Waals surface area contributed by atoms with Crippen LogP contribution in [0.25, 0.3) is 0 Å². The molecule has 0 atom stereocenters. The highest BCUT2D eigenvalue weighted by Gasteiger charge is 2.34. The van der Waals surface area contributed by atoms with Gasteiger partial charge in [0.15, 0.2) is 5.96 Å². The number of hydrogen-bond donors (Lipinski definition) is 2. The Bertz CT molecular complexity index is 837. The molecule has 0 amide bonds. The quantitative estimate of drug-likeness (QED) is 0.490. The first-order valence-electron chi connectivity index (χ1n) is 12.0. The molecule has 2 N–H and O–H groups in total. The fourth-order valence-corrected chi connectivity index (χ4v) is 5.01. The van der Waals surface area contributed by atoms with Crippen LogP contribution in [0.5, 0.6) is 0 Å². The Balaban J connectivity index is 1.32. The second-order valence-electron chi connectivity index (χ2n) is 9.19. The zero-order valence-electron chi connectivity index (χ0n) is 19.4. The van der Waals surface area contributed by atoms with Crippen molar-refractivity contribution in [3.63, 3.8) is 0 Å². The van der Waals surface area contributed by atoms with E-state index in [1.807, 2.05) is 25.5 Å². The van der Waals surface area contributed by atoms with Crippen LogP contribution in [0.15, 0.2) is 47.7 Å². The van der Waals surface area contributed by atoms with Crippen molar-refractivity contribution in [2.75, 3.05) is 46.4 Å². The molecule has 2 heterocycles. The number of imidazole rings is 1. The van der Waals surface area contributed by atoms with Crippen LogP contribution >= 0.6 is 0 Å². The molecule has 1 saturated heterocycles. The van der Waals surface area contributed by atoms with E-state index in [0.29, 0.717) is 12.0 Å². The summed E-state index contributed by atoms with van der Waals surface area (Å²) in [6.07, 6.45) is 10.5. The summed E-state index contributed by atoms with van der Waals surface area (Å²) in [5.41, 5.74) is 1.59. The van der Waals surface area contributed by atoms with E-state index in [4.69, 9.17) is 4.74 Å². The standard InChI is InChI=1S/C25H38N6O/c1-26-24(28-18-23-27-12-13-31(23)19-22-8-4-2-5-9-22)29-20-25(10-6-3-7-11-25)21-30-14-16-32-17-15-30/h2,4-5,8-9,12-13H,3,6-7,10-11,14-21H2,1H3,(H2,26,28,29). The highest BCUT2D eigenvalue weighted by atomic mass is 16.5. The Morgan fingerprint density at radius 1 is 1.09 bits per heavy atom. The monoisotopic (exact) mass is 438 g/mol. The first-order chi connectivity index (χ1) is 15.8. The Morgan fingerprint density at radius 2 is 1.88 bits per heavy atom. The minimum atomic E-state index is 0.318. The number of nitrogens with one attached hydrogen (secondary N) is 2. The molecule has 0 bridgehead atoms. The summed E-state index contributed by atoms with van der Waals surface area (Å²) in [5, 5.41) is 7.13. The fraction of sp³-hybridized carbons (Fsp3) is 0.600. The van der Waals surface area contributed by atoms with Crippen molar-refractivity contribution in [1.82, 2.24) is 25.1 Å². The van der Waals surface area contributed by atoms with E-state index in [2.05, 4.69) is 54.3 Å². The van der Waals surface area contributed by atoms with Crippen molar-refractivity contribution in [1.29, 1.82) is 0 Å². The fourth-order valence-electron chi connectivity index (χ4n) is 5.01. The topological polar surface area (TPSA) is 66.7 Å². The first kappa shape index (κ1) is 22.8. The van der Waals surface area contributed by atoms with E-state index >= 15 is 0 Å². The third kappa shape index (κ3) is 6.33. The van der Waals surface area contributed by atoms with E-state index in [1.165, 1.54) is 37.7 Å². The van der Waals surface area contributed by atoms with Crippen LogP contribution in [-0.4, -0.2) is 66.9 Å². The zero-order chi connectivity index (χ0) is 22.1. The molecule has 2 aromatic rings. The summed E-state index contributed by atoms with van der Waals surface area (Å²) in [6.45, 7) is 7.43. The van der Waals surface area contributed by atoms with Gasteiger partial charge < -0.3 is 19.9 Å². The van der Waals surface area contributed by atoms with Gasteiger partial charge in [0.25, 0.3) is 0 Å². The molecule has 2 aliphatic rings. The Kier molecular flexibility index (Phi) is 8.18. The largest absolute Gasteiger partial charge is 0.379 e. The van der Waals surface area contributed by atoms with Crippen LogP contribution in [0.2, 0.25) is 0 Å². The lowest BCUT2D eigenvalue weighted by atomic mass is 9.73. The minimum Gasteiger partial charge on any atom is -0.379 e. The van der Waals surface area contributed by atoms with Gasteiger partial charge >= 0.3 is 0 Å². The second kappa shape index (κ2) is 11.5. The third-order valence-electron chi connectivity index (χ3n) is 6.84. The van der Waals surface area contributed by atoms with Gasteiger partial charge in [-0.1, -0.05) is 49.6 Å². The molecule has 1 aliphatic heterocycles. The average Bonchev–Trinajstić information content (AvgIpc) is 3.28. The summed E-state index contributed by atoms with van der Waals surface area (Å²) in [6, 6.07) is 10.5. The molecular weight excluding hydrogens is 400 g/mol. The lowest BCUT2D eigenvalue weighted by Gasteiger charge is -2.42. The summed E-state index contributed by atoms with van der Waals surface area (Å²) in [5.74, 6) is 1.86. The minimum absolute atomic E-state index is 0.318. The number of aliphatic imine (C=N–C) groups is 1. The summed E-state index contributed by atoms with van der Waals surface area (Å²) < 4.78 is 7.75. The van der Waals surface area contributed by atoms with Gasteiger partial charge in [-0.15, -0.1) is 0 Å². The predicted octanol–water partition coefficient (Wildman–Crippen LogP) is 2.88. The van der Waals surface area contributed by atoms with E-state index in [0.717, 1.165) is 57.7 Å². The number of hydrogen-bond acceptors (Lipinski definition) is 4. The number of nitrogens with zero attached hydrogens (tertiary/aromatic N) is 4. The Labute approximate surface area is 192 Å². The zero-order valence-corrected chi connectivity index (χ0v) is 19.4. The molecule has 1 saturated carbocycles. The van der Waals surface area contributed by atoms with E-state index < -0.39 is 0 Å². The Hall–Kier alpha value is -2.38. The van der Waals surface area contributed by atoms with Gasteiger partial charge in [0, 0.05) is 57.6 Å². The maximum atomic E-state index is 5.56. The number of rotatable bonds is 8. The van der Waals surface area contributed by atoms with Crippen molar-refractivity contribution in [3.8, 4) is 0 Å². The molecule has 0 spiro atoms. The third-order valence-corrected chi connectivity index (χ3v) is 6.84. The number of guanidine groups is 1. The highest BCUT2D eigenvalue weighted by Crippen LogP contribution is 2.36. The van der Waals surface area contributed by atoms with Crippen molar-refractivity contribution in [2.45, 2.75) is 45.2 Å². The lowest BCUT2D eigenvalue weighted by molar-refractivity contribution is 0.00820. The second-order valence-corrected chi connectivity index (χ2v) is 9.19. The van der Waals surface area contributed by atoms with Crippen molar-refractivity contribution < 1.29 is 4.74 Å². The summed E-state index contributed by atoms with van der Waals surface area (Å²) >= 11 is 0. The molecule has 0 unspecified atom stereocenters. The van der Waals surface area contributed by atoms with Gasteiger partial charge in [-0.3, -0.25) is 9.89 Å². The molecule has 7 nitrogen and oxygen atoms in total. The van der Waals surface area contributed by atoms with Crippen LogP contribution in [0.3, 0.4) is 0 Å². The van der Waals surface area contributed by atoms with Gasteiger partial charge in [-0.25, -0.2) is 4.98 Å². The average molecular weight is 439 g/mol. The molecule has 2 fully saturated rings. The van der Waals surface area contributed by atoms with E-state index in [9.17, 15) is 0 Å². The molecule has 174 valence electrons. The van der Waals surface area contributed by atoms with E-state index in [1.54, 1.807) is 0 Å². The molecular formula is C25H38N6O. The number of benzene rings is 1. The maximum absolute atomic E-state index is 5.56. The van der Waals surface area contributed by atoms with Gasteiger partial charge in [-0.05, 0) is 18.4 Å². The molecule has 4 rings (SSSR count). The van der Waals surface area contributed by atoms with Gasteiger partial charge in [0.2, 0.25) is 0 Å². The molecule has 1 aromatic carbocycles. The lowest BCUT2D eigenvalue weighted by Crippen LogP contribution is -2.51. The van der Waals surface area contributed by atoms with Crippen molar-refractivity contribution >= 4 is 5.96 Å². The molecule has 1 aromatic heterocycles. The molecule has 32 heavy (non-hydrogen) atoms. The number of ether oxygens (including phenoxy) is 1. The normalized spacial score (nSPS) is 19.6. The number of morpholine rings is 1. The van der Waals surface area contributed by atoms with Gasteiger partial charge in [-0.2, -0.15) is 0 Å². The van der Waals surface area contributed by atoms with Crippen LogP contribution in [0.4, 0.5) is 0 Å². The van der Waals surface area contributed by atoms with Crippen molar-refractivity contribution in [3.05, 3.63) is 54.1 Å². The highest BCUT2D eigenvalue weighted by molar-refractivity contribution is 5.79. The first-order valence-corrected chi connectivity index (χ1v) is 12.0. The SMILES string of the molecule is CN=C(NCc1nccn1Cc1ccccc1)NCC1(CN2CCOCC2)CCCCC1. The molecule has 1 aliphatic carbocycles. The van der Waals surface area contributed by atoms with Crippen molar-refractivity contribution in [2.24, 2.45) is 10.4 Å². The van der Waals surface area contributed by atoms with Gasteiger partial charge in [0.1, 0.15) is 5.82 Å². The summed E-state index contributed by atoms with van der Waals surface area (Å²) in [4.78, 5) is 11.6. The van der Waals surface area contributed by atoms with Gasteiger partial charge in [0.05, 0.1) is 19.8 Å². The van der Waals surface area contributed by atoms with Crippen LogP contribution in [0.1, 0.15) is 43.5 Å². The van der Waals surface area contributed by atoms with Crippen LogP contribution in [-0.2, 0) is 17.8 Å². The van der Waals surface area contributed by atoms with Crippen LogP contribution < -0.4 is 10.6 Å². The van der Waals surface area contributed by atoms with E-state index in [-0.39, 0.29) is 0 Å². The molecule has 0 radical (unpaired) electrons. The summed E-state index contributed by atoms with van der Waals surface area (Å²) in [7, 11) is 1.85.